The number of hydrogen-bond donors (Lipinski definition) is 2. The molecule has 0 aliphatic carbocycles. The molecule has 1 aromatic heterocycles. The number of nitrogens with zero attached hydrogens (tertiary/aromatic N) is 1. The minimum atomic E-state index is -0.0728. The summed E-state index contributed by atoms with van der Waals surface area (Å²) in [5.41, 5.74) is 6.97. The van der Waals surface area contributed by atoms with Crippen LogP contribution in [-0.2, 0) is 22.4 Å². The Morgan fingerprint density at radius 1 is 0.523 bits per heavy atom. The van der Waals surface area contributed by atoms with Gasteiger partial charge in [0.1, 0.15) is 0 Å². The zero-order valence-electron chi connectivity index (χ0n) is 24.6. The van der Waals surface area contributed by atoms with Gasteiger partial charge in [-0.1, -0.05) is 84.9 Å². The summed E-state index contributed by atoms with van der Waals surface area (Å²) in [6, 6.07) is 38.4. The van der Waals surface area contributed by atoms with Gasteiger partial charge in [-0.3, -0.25) is 9.59 Å². The normalized spacial score (nSPS) is 11.3. The second kappa shape index (κ2) is 11.3. The molecular weight excluding hydrogens is 542 g/mol. The van der Waals surface area contributed by atoms with Crippen LogP contribution in [0.4, 0.5) is 11.4 Å². The van der Waals surface area contributed by atoms with Crippen molar-refractivity contribution in [2.45, 2.75) is 26.7 Å². The van der Waals surface area contributed by atoms with Gasteiger partial charge in [-0.15, -0.1) is 0 Å². The molecule has 6 aromatic carbocycles. The van der Waals surface area contributed by atoms with E-state index < -0.39 is 0 Å². The highest BCUT2D eigenvalue weighted by Crippen LogP contribution is 2.30. The van der Waals surface area contributed by atoms with Crippen LogP contribution in [0.3, 0.4) is 0 Å². The van der Waals surface area contributed by atoms with Crippen LogP contribution in [0, 0.1) is 13.8 Å². The van der Waals surface area contributed by atoms with Gasteiger partial charge < -0.3 is 10.6 Å². The van der Waals surface area contributed by atoms with Gasteiger partial charge in [-0.25, -0.2) is 4.98 Å². The molecule has 0 spiro atoms. The van der Waals surface area contributed by atoms with Crippen molar-refractivity contribution in [1.29, 1.82) is 0 Å². The molecule has 0 fully saturated rings. The van der Waals surface area contributed by atoms with Crippen molar-refractivity contribution in [2.24, 2.45) is 0 Å². The second-order valence-electron chi connectivity index (χ2n) is 11.4. The molecule has 2 N–H and O–H groups in total. The van der Waals surface area contributed by atoms with Gasteiger partial charge in [0.2, 0.25) is 11.8 Å². The van der Waals surface area contributed by atoms with Gasteiger partial charge in [-0.2, -0.15) is 0 Å². The SMILES string of the molecule is Cc1cc2cc3cc(C)c(NC(=O)Cc4cccc5ccccc45)cc3nc2cc1NC(=O)Cc1cccc2ccccc12. The molecule has 0 radical (unpaired) electrons. The summed E-state index contributed by atoms with van der Waals surface area (Å²) in [5, 5.41) is 12.6. The lowest BCUT2D eigenvalue weighted by atomic mass is 10.0. The highest BCUT2D eigenvalue weighted by atomic mass is 16.2. The zero-order chi connectivity index (χ0) is 30.2. The first-order valence-electron chi connectivity index (χ1n) is 14.8. The molecular formula is C39H31N3O2. The fraction of sp³-hybridized carbons (Fsp3) is 0.103. The number of carbonyl (C=O) groups is 2. The van der Waals surface area contributed by atoms with Crippen LogP contribution in [0.25, 0.3) is 43.4 Å². The Morgan fingerprint density at radius 2 is 0.955 bits per heavy atom. The third-order valence-corrected chi connectivity index (χ3v) is 8.31. The Bertz CT molecular complexity index is 2090. The second-order valence-corrected chi connectivity index (χ2v) is 11.4. The summed E-state index contributed by atoms with van der Waals surface area (Å²) in [6.07, 6.45) is 0.566. The van der Waals surface area contributed by atoms with Gasteiger partial charge >= 0.3 is 0 Å². The van der Waals surface area contributed by atoms with E-state index in [2.05, 4.69) is 65.2 Å². The molecule has 0 aliphatic rings. The van der Waals surface area contributed by atoms with Crippen LogP contribution in [0.2, 0.25) is 0 Å². The predicted octanol–water partition coefficient (Wildman–Crippen LogP) is 8.67. The summed E-state index contributed by atoms with van der Waals surface area (Å²) >= 11 is 0. The number of fused-ring (bicyclic) bond motifs is 4. The van der Waals surface area contributed by atoms with E-state index in [1.54, 1.807) is 0 Å². The number of aromatic nitrogens is 1. The Hall–Kier alpha value is -5.55. The first-order chi connectivity index (χ1) is 21.4. The summed E-state index contributed by atoms with van der Waals surface area (Å²) in [6.45, 7) is 3.99. The molecule has 2 amide bonds. The number of pyridine rings is 1. The number of benzene rings is 6. The number of rotatable bonds is 6. The van der Waals surface area contributed by atoms with Gasteiger partial charge in [-0.05, 0) is 88.0 Å². The molecule has 5 nitrogen and oxygen atoms in total. The van der Waals surface area contributed by atoms with Gasteiger partial charge in [0.05, 0.1) is 23.9 Å². The quantitative estimate of drug-likeness (QED) is 0.196. The highest BCUT2D eigenvalue weighted by Gasteiger charge is 2.13. The zero-order valence-corrected chi connectivity index (χ0v) is 24.6. The molecule has 0 unspecified atom stereocenters. The van der Waals surface area contributed by atoms with Crippen molar-refractivity contribution in [2.75, 3.05) is 10.6 Å². The Labute approximate surface area is 255 Å². The van der Waals surface area contributed by atoms with E-state index in [4.69, 9.17) is 4.98 Å². The van der Waals surface area contributed by atoms with Crippen molar-refractivity contribution in [3.8, 4) is 0 Å². The maximum Gasteiger partial charge on any atom is 0.228 e. The predicted molar refractivity (Wildman–Crippen MR) is 181 cm³/mol. The van der Waals surface area contributed by atoms with E-state index in [0.717, 1.165) is 77.0 Å². The standard InChI is InChI=1S/C39H31N3O2/c1-24-17-30-19-31-18-25(2)35(42-39(44)21-29-14-8-12-27-10-4-6-16-33(27)29)23-37(31)40-36(30)22-34(24)41-38(43)20-28-13-7-11-26-9-3-5-15-32(26)28/h3-19,22-23H,20-21H2,1-2H3,(H,41,43)(H,42,44). The Kier molecular flexibility index (Phi) is 6.99. The number of amides is 2. The van der Waals surface area contributed by atoms with Crippen molar-refractivity contribution in [3.63, 3.8) is 0 Å². The summed E-state index contributed by atoms with van der Waals surface area (Å²) in [4.78, 5) is 31.2. The molecule has 1 heterocycles. The number of anilines is 2. The van der Waals surface area contributed by atoms with E-state index in [0.29, 0.717) is 0 Å². The first kappa shape index (κ1) is 27.3. The maximum absolute atomic E-state index is 13.1. The van der Waals surface area contributed by atoms with E-state index in [1.165, 1.54) is 0 Å². The lowest BCUT2D eigenvalue weighted by molar-refractivity contribution is -0.116. The molecule has 7 rings (SSSR count). The van der Waals surface area contributed by atoms with Crippen molar-refractivity contribution in [3.05, 3.63) is 138 Å². The minimum absolute atomic E-state index is 0.0728. The van der Waals surface area contributed by atoms with Crippen LogP contribution in [0.5, 0.6) is 0 Å². The molecule has 0 saturated carbocycles. The number of hydrogen-bond acceptors (Lipinski definition) is 3. The Morgan fingerprint density at radius 3 is 1.43 bits per heavy atom. The van der Waals surface area contributed by atoms with Crippen LogP contribution >= 0.6 is 0 Å². The van der Waals surface area contributed by atoms with Crippen LogP contribution in [0.15, 0.2) is 115 Å². The molecule has 7 aromatic rings. The van der Waals surface area contributed by atoms with Crippen LogP contribution in [-0.4, -0.2) is 16.8 Å². The average Bonchev–Trinajstić information content (AvgIpc) is 3.01. The fourth-order valence-electron chi connectivity index (χ4n) is 6.06. The number of nitrogens with one attached hydrogen (secondary N) is 2. The third-order valence-electron chi connectivity index (χ3n) is 8.31. The lowest BCUT2D eigenvalue weighted by Crippen LogP contribution is -2.15. The minimum Gasteiger partial charge on any atom is -0.325 e. The average molecular weight is 574 g/mol. The number of carbonyl (C=O) groups excluding carboxylic acids is 2. The Balaban J connectivity index is 1.14. The smallest absolute Gasteiger partial charge is 0.228 e. The third kappa shape index (κ3) is 5.36. The monoisotopic (exact) mass is 573 g/mol. The molecule has 0 aliphatic heterocycles. The molecule has 0 saturated heterocycles. The topological polar surface area (TPSA) is 71.1 Å². The van der Waals surface area contributed by atoms with Crippen molar-refractivity contribution < 1.29 is 9.59 Å². The summed E-state index contributed by atoms with van der Waals surface area (Å²) in [5.74, 6) is -0.146. The number of aryl methyl sites for hydroxylation is 2. The molecule has 5 heteroatoms. The fourth-order valence-corrected chi connectivity index (χ4v) is 6.06. The van der Waals surface area contributed by atoms with Crippen molar-refractivity contribution >= 4 is 66.5 Å². The van der Waals surface area contributed by atoms with E-state index in [9.17, 15) is 9.59 Å². The van der Waals surface area contributed by atoms with E-state index in [-0.39, 0.29) is 24.7 Å². The molecule has 0 atom stereocenters. The summed E-state index contributed by atoms with van der Waals surface area (Å²) < 4.78 is 0. The largest absolute Gasteiger partial charge is 0.325 e. The molecule has 214 valence electrons. The lowest BCUT2D eigenvalue weighted by Gasteiger charge is -2.13. The highest BCUT2D eigenvalue weighted by molar-refractivity contribution is 6.02. The maximum atomic E-state index is 13.1. The van der Waals surface area contributed by atoms with Crippen LogP contribution < -0.4 is 10.6 Å². The summed E-state index contributed by atoms with van der Waals surface area (Å²) in [7, 11) is 0. The molecule has 0 bridgehead atoms. The molecule has 44 heavy (non-hydrogen) atoms. The van der Waals surface area contributed by atoms with Gasteiger partial charge in [0.25, 0.3) is 0 Å². The van der Waals surface area contributed by atoms with Crippen molar-refractivity contribution in [1.82, 2.24) is 4.98 Å². The van der Waals surface area contributed by atoms with Gasteiger partial charge in [0.15, 0.2) is 0 Å². The van der Waals surface area contributed by atoms with E-state index in [1.807, 2.05) is 74.5 Å². The first-order valence-corrected chi connectivity index (χ1v) is 14.8. The van der Waals surface area contributed by atoms with Gasteiger partial charge in [0, 0.05) is 22.1 Å². The van der Waals surface area contributed by atoms with E-state index >= 15 is 0 Å². The van der Waals surface area contributed by atoms with Crippen LogP contribution in [0.1, 0.15) is 22.3 Å².